The minimum absolute atomic E-state index is 0.158. The third-order valence-corrected chi connectivity index (χ3v) is 4.64. The minimum Gasteiger partial charge on any atom is -0.467 e. The van der Waals surface area contributed by atoms with Gasteiger partial charge in [-0.05, 0) is 40.6 Å². The first kappa shape index (κ1) is 19.2. The van der Waals surface area contributed by atoms with Crippen molar-refractivity contribution in [3.63, 3.8) is 0 Å². The normalized spacial score (nSPS) is 11.3. The predicted octanol–water partition coefficient (Wildman–Crippen LogP) is 4.52. The number of hydrogen-bond donors (Lipinski definition) is 2. The maximum absolute atomic E-state index is 13.0. The summed E-state index contributed by atoms with van der Waals surface area (Å²) in [4.78, 5) is 25.9. The minimum atomic E-state index is -0.399. The summed E-state index contributed by atoms with van der Waals surface area (Å²) in [6.07, 6.45) is 3.20. The van der Waals surface area contributed by atoms with Gasteiger partial charge in [-0.2, -0.15) is 0 Å². The highest BCUT2D eigenvalue weighted by atomic mass is 16.3. The highest BCUT2D eigenvalue weighted by molar-refractivity contribution is 6.11. The standard InChI is InChI=1S/C25H20N2O3/c28-24(22-14-6-11-19-10-4-5-13-21(19)22)27-23(16-18-8-2-1-3-9-18)25(29)26-17-20-12-7-15-30-20/h1-16H,17H2,(H,26,29)(H,27,28)/b23-16+. The fraction of sp³-hybridized carbons (Fsp3) is 0.0400. The first-order valence-electron chi connectivity index (χ1n) is 9.57. The van der Waals surface area contributed by atoms with Crippen LogP contribution in [0.25, 0.3) is 16.8 Å². The molecule has 0 aliphatic rings. The van der Waals surface area contributed by atoms with Crippen molar-refractivity contribution in [1.82, 2.24) is 10.6 Å². The number of nitrogens with one attached hydrogen (secondary N) is 2. The monoisotopic (exact) mass is 396 g/mol. The van der Waals surface area contributed by atoms with Gasteiger partial charge < -0.3 is 15.1 Å². The molecule has 5 heteroatoms. The molecule has 0 spiro atoms. The molecule has 0 radical (unpaired) electrons. The van der Waals surface area contributed by atoms with Gasteiger partial charge in [0, 0.05) is 5.56 Å². The molecule has 1 aromatic heterocycles. The van der Waals surface area contributed by atoms with E-state index in [1.807, 2.05) is 66.7 Å². The Labute approximate surface area is 174 Å². The van der Waals surface area contributed by atoms with Gasteiger partial charge in [0.05, 0.1) is 12.8 Å². The summed E-state index contributed by atoms with van der Waals surface area (Å²) in [5.74, 6) is -0.117. The topological polar surface area (TPSA) is 71.3 Å². The van der Waals surface area contributed by atoms with Crippen LogP contribution in [-0.2, 0) is 11.3 Å². The Morgan fingerprint density at radius 3 is 2.40 bits per heavy atom. The van der Waals surface area contributed by atoms with Crippen molar-refractivity contribution in [2.45, 2.75) is 6.54 Å². The van der Waals surface area contributed by atoms with E-state index in [0.29, 0.717) is 11.3 Å². The van der Waals surface area contributed by atoms with Crippen molar-refractivity contribution < 1.29 is 14.0 Å². The van der Waals surface area contributed by atoms with Gasteiger partial charge in [0.25, 0.3) is 11.8 Å². The molecule has 0 aliphatic carbocycles. The fourth-order valence-electron chi connectivity index (χ4n) is 3.16. The molecule has 30 heavy (non-hydrogen) atoms. The zero-order valence-corrected chi connectivity index (χ0v) is 16.2. The number of furan rings is 1. The van der Waals surface area contributed by atoms with Crippen molar-refractivity contribution in [2.24, 2.45) is 0 Å². The smallest absolute Gasteiger partial charge is 0.268 e. The van der Waals surface area contributed by atoms with Crippen LogP contribution in [0.3, 0.4) is 0 Å². The number of benzene rings is 3. The average Bonchev–Trinajstić information content (AvgIpc) is 3.31. The number of amides is 2. The Morgan fingerprint density at radius 1 is 0.833 bits per heavy atom. The van der Waals surface area contributed by atoms with Crippen molar-refractivity contribution in [2.75, 3.05) is 0 Å². The van der Waals surface area contributed by atoms with Crippen molar-refractivity contribution in [3.05, 3.63) is 114 Å². The van der Waals surface area contributed by atoms with E-state index < -0.39 is 5.91 Å². The number of carbonyl (C=O) groups excluding carboxylic acids is 2. The van der Waals surface area contributed by atoms with Gasteiger partial charge in [0.1, 0.15) is 11.5 Å². The van der Waals surface area contributed by atoms with Crippen LogP contribution in [0.2, 0.25) is 0 Å². The van der Waals surface area contributed by atoms with Gasteiger partial charge in [-0.25, -0.2) is 0 Å². The summed E-state index contributed by atoms with van der Waals surface area (Å²) in [7, 11) is 0. The number of fused-ring (bicyclic) bond motifs is 1. The third-order valence-electron chi connectivity index (χ3n) is 4.64. The summed E-state index contributed by atoms with van der Waals surface area (Å²) < 4.78 is 5.26. The molecule has 0 bridgehead atoms. The van der Waals surface area contributed by atoms with Crippen LogP contribution in [0, 0.1) is 0 Å². The molecule has 0 saturated carbocycles. The van der Waals surface area contributed by atoms with E-state index in [9.17, 15) is 9.59 Å². The summed E-state index contributed by atoms with van der Waals surface area (Å²) in [6, 6.07) is 26.1. The Kier molecular flexibility index (Phi) is 5.71. The van der Waals surface area contributed by atoms with Crippen molar-refractivity contribution >= 4 is 28.7 Å². The number of hydrogen-bond acceptors (Lipinski definition) is 3. The fourth-order valence-corrected chi connectivity index (χ4v) is 3.16. The van der Waals surface area contributed by atoms with E-state index in [0.717, 1.165) is 16.3 Å². The molecule has 0 saturated heterocycles. The van der Waals surface area contributed by atoms with E-state index >= 15 is 0 Å². The van der Waals surface area contributed by atoms with Crippen molar-refractivity contribution in [1.29, 1.82) is 0 Å². The number of carbonyl (C=O) groups is 2. The quantitative estimate of drug-likeness (QED) is 0.471. The first-order valence-corrected chi connectivity index (χ1v) is 9.57. The Bertz CT molecular complexity index is 1190. The van der Waals surface area contributed by atoms with E-state index in [2.05, 4.69) is 10.6 Å². The molecule has 0 fully saturated rings. The summed E-state index contributed by atoms with van der Waals surface area (Å²) in [5, 5.41) is 7.35. The Balaban J connectivity index is 1.61. The van der Waals surface area contributed by atoms with Gasteiger partial charge in [-0.15, -0.1) is 0 Å². The van der Waals surface area contributed by atoms with Crippen LogP contribution in [0.1, 0.15) is 21.7 Å². The van der Waals surface area contributed by atoms with Gasteiger partial charge in [-0.3, -0.25) is 9.59 Å². The Hall–Kier alpha value is -4.12. The van der Waals surface area contributed by atoms with Crippen molar-refractivity contribution in [3.8, 4) is 0 Å². The van der Waals surface area contributed by atoms with Gasteiger partial charge in [-0.1, -0.05) is 66.7 Å². The second-order valence-corrected chi connectivity index (χ2v) is 6.71. The maximum atomic E-state index is 13.0. The summed E-state index contributed by atoms with van der Waals surface area (Å²) >= 11 is 0. The van der Waals surface area contributed by atoms with Crippen LogP contribution in [0.15, 0.2) is 101 Å². The molecule has 4 aromatic rings. The van der Waals surface area contributed by atoms with E-state index in [1.165, 1.54) is 0 Å². The van der Waals surface area contributed by atoms with Gasteiger partial charge >= 0.3 is 0 Å². The van der Waals surface area contributed by atoms with Crippen LogP contribution in [0.5, 0.6) is 0 Å². The third kappa shape index (κ3) is 4.47. The lowest BCUT2D eigenvalue weighted by Crippen LogP contribution is -2.34. The molecule has 5 nitrogen and oxygen atoms in total. The second-order valence-electron chi connectivity index (χ2n) is 6.71. The molecule has 2 N–H and O–H groups in total. The van der Waals surface area contributed by atoms with Crippen LogP contribution in [0.4, 0.5) is 0 Å². The lowest BCUT2D eigenvalue weighted by molar-refractivity contribution is -0.118. The number of rotatable bonds is 6. The molecule has 1 heterocycles. The zero-order valence-electron chi connectivity index (χ0n) is 16.2. The highest BCUT2D eigenvalue weighted by Gasteiger charge is 2.16. The molecule has 4 rings (SSSR count). The molecular weight excluding hydrogens is 376 g/mol. The van der Waals surface area contributed by atoms with E-state index in [-0.39, 0.29) is 18.1 Å². The Morgan fingerprint density at radius 2 is 1.60 bits per heavy atom. The average molecular weight is 396 g/mol. The molecular formula is C25H20N2O3. The molecule has 148 valence electrons. The maximum Gasteiger partial charge on any atom is 0.268 e. The lowest BCUT2D eigenvalue weighted by Gasteiger charge is -2.12. The molecule has 2 amide bonds. The van der Waals surface area contributed by atoms with Crippen LogP contribution in [-0.4, -0.2) is 11.8 Å². The van der Waals surface area contributed by atoms with E-state index in [4.69, 9.17) is 4.42 Å². The first-order chi connectivity index (χ1) is 14.7. The summed E-state index contributed by atoms with van der Waals surface area (Å²) in [6.45, 7) is 0.224. The van der Waals surface area contributed by atoms with Crippen LogP contribution >= 0.6 is 0 Å². The molecule has 3 aromatic carbocycles. The zero-order chi connectivity index (χ0) is 20.8. The second kappa shape index (κ2) is 8.92. The highest BCUT2D eigenvalue weighted by Crippen LogP contribution is 2.19. The largest absolute Gasteiger partial charge is 0.467 e. The molecule has 0 atom stereocenters. The molecule has 0 unspecified atom stereocenters. The summed E-state index contributed by atoms with van der Waals surface area (Å²) in [5.41, 5.74) is 1.47. The van der Waals surface area contributed by atoms with Gasteiger partial charge in [0.15, 0.2) is 0 Å². The molecule has 0 aliphatic heterocycles. The van der Waals surface area contributed by atoms with Gasteiger partial charge in [0.2, 0.25) is 0 Å². The van der Waals surface area contributed by atoms with E-state index in [1.54, 1.807) is 30.5 Å². The van der Waals surface area contributed by atoms with Crippen LogP contribution < -0.4 is 10.6 Å². The SMILES string of the molecule is O=C(NCc1ccco1)/C(=C\c1ccccc1)NC(=O)c1cccc2ccccc12. The lowest BCUT2D eigenvalue weighted by atomic mass is 10.0. The predicted molar refractivity (Wildman–Crippen MR) is 116 cm³/mol.